The molecule has 6 heteroatoms. The Balaban J connectivity index is 2.36. The van der Waals surface area contributed by atoms with E-state index in [2.05, 4.69) is 5.32 Å². The number of amides is 1. The van der Waals surface area contributed by atoms with E-state index in [-0.39, 0.29) is 10.8 Å². The fraction of sp³-hybridized carbons (Fsp3) is 0.133. The Bertz CT molecular complexity index is 761. The summed E-state index contributed by atoms with van der Waals surface area (Å²) in [6, 6.07) is 11.7. The van der Waals surface area contributed by atoms with Crippen molar-refractivity contribution in [3.05, 3.63) is 59.2 Å². The van der Waals surface area contributed by atoms with Crippen LogP contribution in [-0.4, -0.2) is 14.3 Å². The monoisotopic (exact) mass is 304 g/mol. The molecule has 0 unspecified atom stereocenters. The van der Waals surface area contributed by atoms with E-state index in [9.17, 15) is 13.2 Å². The molecular formula is C15H16N2O3S. The van der Waals surface area contributed by atoms with Crippen molar-refractivity contribution in [1.29, 1.82) is 0 Å². The van der Waals surface area contributed by atoms with Gasteiger partial charge in [0.05, 0.1) is 4.90 Å². The van der Waals surface area contributed by atoms with Crippen LogP contribution < -0.4 is 10.5 Å². The molecule has 0 saturated heterocycles. The maximum absolute atomic E-state index is 12.1. The van der Waals surface area contributed by atoms with Gasteiger partial charge in [0.2, 0.25) is 10.0 Å². The minimum atomic E-state index is -3.76. The quantitative estimate of drug-likeness (QED) is 0.911. The number of carbonyl (C=O) groups is 1. The Morgan fingerprint density at radius 2 is 1.57 bits per heavy atom. The minimum Gasteiger partial charge on any atom is -0.322 e. The maximum Gasteiger partial charge on any atom is 0.255 e. The average molecular weight is 304 g/mol. The van der Waals surface area contributed by atoms with Crippen LogP contribution in [0.2, 0.25) is 0 Å². The van der Waals surface area contributed by atoms with Crippen LogP contribution in [0.25, 0.3) is 0 Å². The van der Waals surface area contributed by atoms with Gasteiger partial charge < -0.3 is 5.32 Å². The molecule has 0 spiro atoms. The number of hydrogen-bond donors (Lipinski definition) is 2. The molecule has 0 aliphatic carbocycles. The molecule has 0 aliphatic rings. The molecule has 2 aromatic rings. The third-order valence-electron chi connectivity index (χ3n) is 3.11. The van der Waals surface area contributed by atoms with Crippen molar-refractivity contribution in [3.63, 3.8) is 0 Å². The molecule has 0 aliphatic heterocycles. The van der Waals surface area contributed by atoms with Gasteiger partial charge in [-0.2, -0.15) is 0 Å². The number of rotatable bonds is 3. The van der Waals surface area contributed by atoms with E-state index in [1.807, 2.05) is 6.07 Å². The van der Waals surface area contributed by atoms with E-state index in [4.69, 9.17) is 5.14 Å². The van der Waals surface area contributed by atoms with Gasteiger partial charge in [0.15, 0.2) is 0 Å². The molecular weight excluding hydrogens is 288 g/mol. The number of hydrogen-bond acceptors (Lipinski definition) is 3. The summed E-state index contributed by atoms with van der Waals surface area (Å²) in [5, 5.41) is 7.92. The van der Waals surface area contributed by atoms with Gasteiger partial charge in [0.25, 0.3) is 5.91 Å². The summed E-state index contributed by atoms with van der Waals surface area (Å²) in [5.41, 5.74) is 2.41. The second kappa shape index (κ2) is 5.67. The van der Waals surface area contributed by atoms with Gasteiger partial charge in [-0.05, 0) is 49.2 Å². The zero-order valence-corrected chi connectivity index (χ0v) is 12.6. The summed E-state index contributed by atoms with van der Waals surface area (Å²) in [5.74, 6) is -0.245. The van der Waals surface area contributed by atoms with Crippen molar-refractivity contribution in [3.8, 4) is 0 Å². The van der Waals surface area contributed by atoms with Crippen LogP contribution in [0, 0.1) is 13.8 Å². The summed E-state index contributed by atoms with van der Waals surface area (Å²) < 4.78 is 22.8. The predicted octanol–water partition coefficient (Wildman–Crippen LogP) is 2.20. The summed E-state index contributed by atoms with van der Waals surface area (Å²) >= 11 is 0. The Morgan fingerprint density at radius 3 is 2.05 bits per heavy atom. The van der Waals surface area contributed by atoms with Crippen molar-refractivity contribution in [2.24, 2.45) is 5.14 Å². The van der Waals surface area contributed by atoms with Gasteiger partial charge in [-0.1, -0.05) is 18.2 Å². The van der Waals surface area contributed by atoms with Crippen molar-refractivity contribution >= 4 is 21.6 Å². The van der Waals surface area contributed by atoms with Gasteiger partial charge in [-0.15, -0.1) is 0 Å². The number of sulfonamides is 1. The molecule has 0 saturated carbocycles. The van der Waals surface area contributed by atoms with E-state index in [0.717, 1.165) is 0 Å². The van der Waals surface area contributed by atoms with Crippen LogP contribution in [-0.2, 0) is 10.0 Å². The standard InChI is InChI=1S/C15H16N2O3S/c1-10-8-13(21(16,19)20)9-11(2)14(10)17-15(18)12-6-4-3-5-7-12/h3-9H,1-2H3,(H,17,18)(H2,16,19,20). The number of benzene rings is 2. The normalized spacial score (nSPS) is 11.2. The molecule has 0 bridgehead atoms. The number of primary sulfonamides is 1. The van der Waals surface area contributed by atoms with Gasteiger partial charge in [0, 0.05) is 11.3 Å². The molecule has 0 radical (unpaired) electrons. The van der Waals surface area contributed by atoms with Crippen LogP contribution in [0.5, 0.6) is 0 Å². The number of carbonyl (C=O) groups excluding carboxylic acids is 1. The summed E-state index contributed by atoms with van der Waals surface area (Å²) in [6.07, 6.45) is 0. The zero-order valence-electron chi connectivity index (χ0n) is 11.8. The van der Waals surface area contributed by atoms with Crippen LogP contribution in [0.3, 0.4) is 0 Å². The SMILES string of the molecule is Cc1cc(S(N)(=O)=O)cc(C)c1NC(=O)c1ccccc1. The van der Waals surface area contributed by atoms with Gasteiger partial charge in [0.1, 0.15) is 0 Å². The molecule has 0 aromatic heterocycles. The third kappa shape index (κ3) is 3.48. The summed E-state index contributed by atoms with van der Waals surface area (Å²) in [4.78, 5) is 12.2. The Kier molecular flexibility index (Phi) is 4.11. The number of nitrogens with one attached hydrogen (secondary N) is 1. The number of nitrogens with two attached hydrogens (primary N) is 1. The van der Waals surface area contributed by atoms with Crippen molar-refractivity contribution in [2.45, 2.75) is 18.7 Å². The first-order valence-corrected chi connectivity index (χ1v) is 7.84. The predicted molar refractivity (Wildman–Crippen MR) is 81.7 cm³/mol. The third-order valence-corrected chi connectivity index (χ3v) is 4.00. The Morgan fingerprint density at radius 1 is 1.05 bits per heavy atom. The van der Waals surface area contributed by atoms with Gasteiger partial charge in [-0.25, -0.2) is 13.6 Å². The molecule has 0 atom stereocenters. The first-order valence-electron chi connectivity index (χ1n) is 6.29. The van der Waals surface area contributed by atoms with E-state index >= 15 is 0 Å². The average Bonchev–Trinajstić information content (AvgIpc) is 2.42. The minimum absolute atomic E-state index is 0.0372. The fourth-order valence-corrected chi connectivity index (χ4v) is 2.74. The molecule has 2 rings (SSSR count). The first-order chi connectivity index (χ1) is 9.79. The molecule has 3 N–H and O–H groups in total. The molecule has 2 aromatic carbocycles. The molecule has 21 heavy (non-hydrogen) atoms. The molecule has 5 nitrogen and oxygen atoms in total. The zero-order chi connectivity index (χ0) is 15.6. The lowest BCUT2D eigenvalue weighted by Gasteiger charge is -2.13. The van der Waals surface area contributed by atoms with Crippen molar-refractivity contribution < 1.29 is 13.2 Å². The van der Waals surface area contributed by atoms with E-state index in [1.54, 1.807) is 38.1 Å². The lowest BCUT2D eigenvalue weighted by molar-refractivity contribution is 0.102. The molecule has 0 fully saturated rings. The Labute approximate surface area is 123 Å². The maximum atomic E-state index is 12.1. The first kappa shape index (κ1) is 15.2. The van der Waals surface area contributed by atoms with Crippen LogP contribution in [0.15, 0.2) is 47.4 Å². The Hall–Kier alpha value is -2.18. The van der Waals surface area contributed by atoms with E-state index < -0.39 is 10.0 Å². The smallest absolute Gasteiger partial charge is 0.255 e. The fourth-order valence-electron chi connectivity index (χ4n) is 2.06. The molecule has 110 valence electrons. The summed E-state index contributed by atoms with van der Waals surface area (Å²) in [7, 11) is -3.76. The second-order valence-electron chi connectivity index (χ2n) is 4.80. The number of anilines is 1. The molecule has 0 heterocycles. The van der Waals surface area contributed by atoms with Crippen molar-refractivity contribution in [1.82, 2.24) is 0 Å². The highest BCUT2D eigenvalue weighted by molar-refractivity contribution is 7.89. The number of aryl methyl sites for hydroxylation is 2. The summed E-state index contributed by atoms with van der Waals surface area (Å²) in [6.45, 7) is 3.45. The molecule has 1 amide bonds. The van der Waals surface area contributed by atoms with Gasteiger partial charge in [-0.3, -0.25) is 4.79 Å². The highest BCUT2D eigenvalue weighted by Crippen LogP contribution is 2.24. The van der Waals surface area contributed by atoms with Crippen molar-refractivity contribution in [2.75, 3.05) is 5.32 Å². The van der Waals surface area contributed by atoms with Crippen LogP contribution in [0.4, 0.5) is 5.69 Å². The van der Waals surface area contributed by atoms with E-state index in [1.165, 1.54) is 12.1 Å². The largest absolute Gasteiger partial charge is 0.322 e. The topological polar surface area (TPSA) is 89.3 Å². The van der Waals surface area contributed by atoms with E-state index in [0.29, 0.717) is 22.4 Å². The highest BCUT2D eigenvalue weighted by atomic mass is 32.2. The van der Waals surface area contributed by atoms with Crippen LogP contribution >= 0.6 is 0 Å². The lowest BCUT2D eigenvalue weighted by atomic mass is 10.1. The van der Waals surface area contributed by atoms with Gasteiger partial charge >= 0.3 is 0 Å². The lowest BCUT2D eigenvalue weighted by Crippen LogP contribution is -2.16. The second-order valence-corrected chi connectivity index (χ2v) is 6.36. The van der Waals surface area contributed by atoms with Crippen LogP contribution in [0.1, 0.15) is 21.5 Å². The highest BCUT2D eigenvalue weighted by Gasteiger charge is 2.14.